The Balaban J connectivity index is 1.76. The third-order valence-corrected chi connectivity index (χ3v) is 9.10. The van der Waals surface area contributed by atoms with Crippen molar-refractivity contribution in [1.29, 1.82) is 0 Å². The molecule has 5 rings (SSSR count). The molecular formula is C26H27Cl2N3O2S. The van der Waals surface area contributed by atoms with Gasteiger partial charge in [-0.05, 0) is 62.1 Å². The molecule has 8 heteroatoms. The highest BCUT2D eigenvalue weighted by molar-refractivity contribution is 7.19. The highest BCUT2D eigenvalue weighted by atomic mass is 35.5. The summed E-state index contributed by atoms with van der Waals surface area (Å²) in [6.45, 7) is 11.1. The van der Waals surface area contributed by atoms with Crippen LogP contribution in [0.25, 0.3) is 21.5 Å². The maximum absolute atomic E-state index is 13.4. The van der Waals surface area contributed by atoms with Crippen molar-refractivity contribution < 1.29 is 4.52 Å². The molecular weight excluding hydrogens is 489 g/mol. The second-order valence-electron chi connectivity index (χ2n) is 10.3. The van der Waals surface area contributed by atoms with E-state index in [4.69, 9.17) is 27.7 Å². The van der Waals surface area contributed by atoms with Gasteiger partial charge in [-0.2, -0.15) is 4.98 Å². The molecule has 34 heavy (non-hydrogen) atoms. The Morgan fingerprint density at radius 3 is 2.62 bits per heavy atom. The zero-order valence-electron chi connectivity index (χ0n) is 20.0. The predicted octanol–water partition coefficient (Wildman–Crippen LogP) is 7.24. The average Bonchev–Trinajstić information content (AvgIpc) is 3.31. The molecule has 1 aliphatic carbocycles. The number of hydrogen-bond acceptors (Lipinski definition) is 5. The van der Waals surface area contributed by atoms with Gasteiger partial charge in [0.25, 0.3) is 0 Å². The van der Waals surface area contributed by atoms with Crippen LogP contribution < -0.4 is 5.69 Å². The zero-order chi connectivity index (χ0) is 24.4. The fourth-order valence-corrected chi connectivity index (χ4v) is 6.64. The summed E-state index contributed by atoms with van der Waals surface area (Å²) in [5.41, 5.74) is 4.45. The molecule has 1 unspecified atom stereocenters. The van der Waals surface area contributed by atoms with Gasteiger partial charge >= 0.3 is 5.69 Å². The first-order chi connectivity index (χ1) is 16.0. The molecule has 0 aliphatic heterocycles. The van der Waals surface area contributed by atoms with Gasteiger partial charge in [-0.1, -0.05) is 55.2 Å². The lowest BCUT2D eigenvalue weighted by molar-refractivity contribution is 0.218. The Kier molecular flexibility index (Phi) is 5.90. The Labute approximate surface area is 212 Å². The van der Waals surface area contributed by atoms with Crippen LogP contribution in [-0.2, 0) is 19.4 Å². The lowest BCUT2D eigenvalue weighted by atomic mass is 9.72. The number of rotatable bonds is 3. The van der Waals surface area contributed by atoms with Gasteiger partial charge in [-0.3, -0.25) is 4.57 Å². The molecule has 0 spiro atoms. The van der Waals surface area contributed by atoms with E-state index in [-0.39, 0.29) is 11.1 Å². The highest BCUT2D eigenvalue weighted by Crippen LogP contribution is 2.45. The largest absolute Gasteiger partial charge is 0.361 e. The van der Waals surface area contributed by atoms with E-state index >= 15 is 0 Å². The molecule has 4 aromatic rings. The van der Waals surface area contributed by atoms with E-state index in [1.807, 2.05) is 19.9 Å². The van der Waals surface area contributed by atoms with E-state index < -0.39 is 0 Å². The summed E-state index contributed by atoms with van der Waals surface area (Å²) in [7, 11) is 0. The fraction of sp³-hybridized carbons (Fsp3) is 0.423. The van der Waals surface area contributed by atoms with E-state index in [1.165, 1.54) is 10.4 Å². The predicted molar refractivity (Wildman–Crippen MR) is 139 cm³/mol. The first-order valence-electron chi connectivity index (χ1n) is 11.5. The van der Waals surface area contributed by atoms with Gasteiger partial charge in [-0.15, -0.1) is 11.3 Å². The minimum Gasteiger partial charge on any atom is -0.361 e. The monoisotopic (exact) mass is 515 g/mol. The van der Waals surface area contributed by atoms with Crippen molar-refractivity contribution in [3.63, 3.8) is 0 Å². The van der Waals surface area contributed by atoms with Crippen LogP contribution in [0.15, 0.2) is 27.5 Å². The van der Waals surface area contributed by atoms with Crippen molar-refractivity contribution >= 4 is 44.8 Å². The van der Waals surface area contributed by atoms with Crippen molar-refractivity contribution in [2.75, 3.05) is 0 Å². The Morgan fingerprint density at radius 1 is 1.21 bits per heavy atom. The van der Waals surface area contributed by atoms with E-state index in [9.17, 15) is 4.79 Å². The molecule has 5 nitrogen and oxygen atoms in total. The first kappa shape index (κ1) is 23.6. The molecule has 3 aromatic heterocycles. The van der Waals surface area contributed by atoms with E-state index in [2.05, 4.69) is 30.9 Å². The van der Waals surface area contributed by atoms with Crippen molar-refractivity contribution in [3.8, 4) is 11.3 Å². The average molecular weight is 516 g/mol. The maximum atomic E-state index is 13.4. The number of nitrogens with zero attached hydrogens (tertiary/aromatic N) is 3. The summed E-state index contributed by atoms with van der Waals surface area (Å²) in [6.07, 6.45) is 3.10. The number of hydrogen-bond donors (Lipinski definition) is 0. The van der Waals surface area contributed by atoms with E-state index in [1.54, 1.807) is 28.0 Å². The number of aryl methyl sites for hydroxylation is 3. The normalized spacial score (nSPS) is 16.3. The minimum absolute atomic E-state index is 0.231. The number of thiophene rings is 1. The summed E-state index contributed by atoms with van der Waals surface area (Å²) in [5, 5.41) is 6.06. The smallest absolute Gasteiger partial charge is 0.349 e. The number of fused-ring (bicyclic) bond motifs is 3. The Hall–Kier alpha value is -2.15. The van der Waals surface area contributed by atoms with Crippen molar-refractivity contribution in [2.24, 2.45) is 11.3 Å². The number of aromatic nitrogens is 3. The van der Waals surface area contributed by atoms with Crippen LogP contribution in [0.5, 0.6) is 0 Å². The minimum atomic E-state index is -0.292. The maximum Gasteiger partial charge on any atom is 0.349 e. The lowest BCUT2D eigenvalue weighted by Crippen LogP contribution is -2.26. The second kappa shape index (κ2) is 8.51. The molecule has 0 saturated heterocycles. The standard InChI is InChI=1S/C26H27Cl2N3O2S/c1-13-18(14(2)33-30-13)12-31-24-22(17-8-7-16(26(3,4)5)11-21(17)34-24)23(29-25(31)32)15-6-9-19(27)20(28)10-15/h6,9-10,16H,7-8,11-12H2,1-5H3. The first-order valence-corrected chi connectivity index (χ1v) is 13.0. The van der Waals surface area contributed by atoms with Crippen LogP contribution >= 0.6 is 34.5 Å². The molecule has 0 N–H and O–H groups in total. The van der Waals surface area contributed by atoms with Crippen LogP contribution in [0.4, 0.5) is 0 Å². The van der Waals surface area contributed by atoms with Crippen molar-refractivity contribution in [3.05, 3.63) is 66.2 Å². The van der Waals surface area contributed by atoms with Crippen LogP contribution in [0.1, 0.15) is 54.7 Å². The Morgan fingerprint density at radius 2 is 1.97 bits per heavy atom. The zero-order valence-corrected chi connectivity index (χ0v) is 22.3. The highest BCUT2D eigenvalue weighted by Gasteiger charge is 2.32. The molecule has 0 amide bonds. The van der Waals surface area contributed by atoms with Gasteiger partial charge in [0.2, 0.25) is 0 Å². The van der Waals surface area contributed by atoms with E-state index in [0.717, 1.165) is 52.1 Å². The van der Waals surface area contributed by atoms with Gasteiger partial charge in [0.15, 0.2) is 0 Å². The SMILES string of the molecule is Cc1noc(C)c1Cn1c(=O)nc(-c2ccc(Cl)c(Cl)c2)c2c3c(sc21)CC(C(C)(C)C)CC3. The molecule has 1 atom stereocenters. The molecule has 1 aliphatic rings. The topological polar surface area (TPSA) is 60.9 Å². The second-order valence-corrected chi connectivity index (χ2v) is 12.1. The summed E-state index contributed by atoms with van der Waals surface area (Å²) >= 11 is 14.2. The van der Waals surface area contributed by atoms with E-state index in [0.29, 0.717) is 28.2 Å². The number of halogens is 2. The molecule has 0 fully saturated rings. The molecule has 178 valence electrons. The lowest BCUT2D eigenvalue weighted by Gasteiger charge is -2.33. The molecule has 1 aromatic carbocycles. The van der Waals surface area contributed by atoms with Crippen LogP contribution in [0.2, 0.25) is 10.0 Å². The van der Waals surface area contributed by atoms with Gasteiger partial charge in [-0.25, -0.2) is 4.79 Å². The van der Waals surface area contributed by atoms with Gasteiger partial charge in [0.1, 0.15) is 10.6 Å². The number of benzene rings is 1. The fourth-order valence-electron chi connectivity index (χ4n) is 4.92. The van der Waals surface area contributed by atoms with Gasteiger partial charge in [0, 0.05) is 21.4 Å². The van der Waals surface area contributed by atoms with Crippen LogP contribution in [0.3, 0.4) is 0 Å². The third kappa shape index (κ3) is 4.00. The van der Waals surface area contributed by atoms with Crippen LogP contribution in [-0.4, -0.2) is 14.7 Å². The third-order valence-electron chi connectivity index (χ3n) is 7.08. The quantitative estimate of drug-likeness (QED) is 0.288. The van der Waals surface area contributed by atoms with Crippen molar-refractivity contribution in [2.45, 2.75) is 60.4 Å². The molecule has 3 heterocycles. The summed E-state index contributed by atoms with van der Waals surface area (Å²) in [5.74, 6) is 1.32. The van der Waals surface area contributed by atoms with Crippen LogP contribution in [0, 0.1) is 25.2 Å². The summed E-state index contributed by atoms with van der Waals surface area (Å²) in [6, 6.07) is 5.45. The van der Waals surface area contributed by atoms with Gasteiger partial charge in [0.05, 0.1) is 28.0 Å². The summed E-state index contributed by atoms with van der Waals surface area (Å²) in [4.78, 5) is 20.3. The Bertz CT molecular complexity index is 1460. The molecule has 0 radical (unpaired) electrons. The van der Waals surface area contributed by atoms with Gasteiger partial charge < -0.3 is 4.52 Å². The molecule has 0 bridgehead atoms. The molecule has 0 saturated carbocycles. The summed E-state index contributed by atoms with van der Waals surface area (Å²) < 4.78 is 7.14. The van der Waals surface area contributed by atoms with Crippen molar-refractivity contribution in [1.82, 2.24) is 14.7 Å².